The quantitative estimate of drug-likeness (QED) is 0.875. The maximum Gasteiger partial charge on any atom is 0.405 e. The molecule has 2 unspecified atom stereocenters. The molecule has 26 heavy (non-hydrogen) atoms. The second-order valence-corrected chi connectivity index (χ2v) is 6.05. The average molecular weight is 361 g/mol. The third kappa shape index (κ3) is 3.63. The molecule has 2 atom stereocenters. The standard InChI is InChI=1S/C18H18F3N5/c1-11(22)13-9-15(14-7-8-24-17(23)25-14)26(10-18(19,20)21)16(13)12-5-3-2-4-6-12/h2-9,13,16H,1,10,22H2,(H2,23,24,25). The van der Waals surface area contributed by atoms with Crippen LogP contribution in [0.1, 0.15) is 17.3 Å². The Morgan fingerprint density at radius 3 is 2.46 bits per heavy atom. The molecule has 3 rings (SSSR count). The van der Waals surface area contributed by atoms with Gasteiger partial charge in [0.2, 0.25) is 5.95 Å². The van der Waals surface area contributed by atoms with E-state index in [4.69, 9.17) is 11.5 Å². The summed E-state index contributed by atoms with van der Waals surface area (Å²) in [5, 5.41) is 0. The normalized spacial score (nSPS) is 20.1. The maximum absolute atomic E-state index is 13.3. The van der Waals surface area contributed by atoms with Crippen LogP contribution in [-0.2, 0) is 0 Å². The van der Waals surface area contributed by atoms with Crippen molar-refractivity contribution in [2.75, 3.05) is 12.3 Å². The summed E-state index contributed by atoms with van der Waals surface area (Å²) in [5.74, 6) is -0.507. The molecule has 2 aromatic rings. The van der Waals surface area contributed by atoms with Crippen LogP contribution in [0.5, 0.6) is 0 Å². The van der Waals surface area contributed by atoms with Gasteiger partial charge < -0.3 is 16.4 Å². The van der Waals surface area contributed by atoms with Gasteiger partial charge in [0.1, 0.15) is 6.54 Å². The number of anilines is 1. The van der Waals surface area contributed by atoms with Crippen LogP contribution in [0, 0.1) is 5.92 Å². The minimum atomic E-state index is -4.41. The molecule has 1 aliphatic rings. The highest BCUT2D eigenvalue weighted by Crippen LogP contribution is 2.45. The van der Waals surface area contributed by atoms with E-state index in [-0.39, 0.29) is 11.6 Å². The molecule has 0 amide bonds. The first kappa shape index (κ1) is 17.8. The molecule has 0 saturated carbocycles. The van der Waals surface area contributed by atoms with Crippen LogP contribution < -0.4 is 11.5 Å². The first-order chi connectivity index (χ1) is 12.3. The van der Waals surface area contributed by atoms with Crippen LogP contribution in [0.4, 0.5) is 19.1 Å². The molecule has 5 nitrogen and oxygen atoms in total. The summed E-state index contributed by atoms with van der Waals surface area (Å²) >= 11 is 0. The highest BCUT2D eigenvalue weighted by Gasteiger charge is 2.43. The van der Waals surface area contributed by atoms with Gasteiger partial charge in [-0.2, -0.15) is 13.2 Å². The Bertz CT molecular complexity index is 832. The largest absolute Gasteiger partial charge is 0.405 e. The Labute approximate surface area is 148 Å². The highest BCUT2D eigenvalue weighted by atomic mass is 19.4. The van der Waals surface area contributed by atoms with Crippen molar-refractivity contribution in [1.29, 1.82) is 0 Å². The van der Waals surface area contributed by atoms with Crippen LogP contribution >= 0.6 is 0 Å². The molecule has 0 bridgehead atoms. The molecule has 0 radical (unpaired) electrons. The van der Waals surface area contributed by atoms with Crippen molar-refractivity contribution >= 4 is 11.6 Å². The number of aromatic nitrogens is 2. The van der Waals surface area contributed by atoms with Gasteiger partial charge in [0, 0.05) is 17.8 Å². The monoisotopic (exact) mass is 361 g/mol. The van der Waals surface area contributed by atoms with Gasteiger partial charge in [0.15, 0.2) is 0 Å². The molecular weight excluding hydrogens is 343 g/mol. The predicted molar refractivity (Wildman–Crippen MR) is 93.2 cm³/mol. The van der Waals surface area contributed by atoms with Crippen LogP contribution in [0.15, 0.2) is 60.9 Å². The fraction of sp³-hybridized carbons (Fsp3) is 0.222. The van der Waals surface area contributed by atoms with E-state index < -0.39 is 24.7 Å². The van der Waals surface area contributed by atoms with E-state index in [9.17, 15) is 13.2 Å². The summed E-state index contributed by atoms with van der Waals surface area (Å²) in [6.07, 6.45) is -1.34. The number of nitrogens with two attached hydrogens (primary N) is 2. The molecule has 2 heterocycles. The maximum atomic E-state index is 13.3. The van der Waals surface area contributed by atoms with Gasteiger partial charge in [-0.3, -0.25) is 0 Å². The molecule has 136 valence electrons. The number of halogens is 3. The second kappa shape index (κ2) is 6.70. The van der Waals surface area contributed by atoms with Gasteiger partial charge in [-0.05, 0) is 17.7 Å². The minimum absolute atomic E-state index is 0.0124. The van der Waals surface area contributed by atoms with E-state index >= 15 is 0 Å². The van der Waals surface area contributed by atoms with Crippen molar-refractivity contribution < 1.29 is 13.2 Å². The third-order valence-electron chi connectivity index (χ3n) is 4.18. The van der Waals surface area contributed by atoms with Crippen molar-refractivity contribution in [3.8, 4) is 0 Å². The molecule has 4 N–H and O–H groups in total. The smallest absolute Gasteiger partial charge is 0.402 e. The molecule has 8 heteroatoms. The van der Waals surface area contributed by atoms with E-state index in [1.807, 2.05) is 0 Å². The minimum Gasteiger partial charge on any atom is -0.402 e. The van der Waals surface area contributed by atoms with E-state index in [0.717, 1.165) is 0 Å². The van der Waals surface area contributed by atoms with E-state index in [0.29, 0.717) is 17.0 Å². The summed E-state index contributed by atoms with van der Waals surface area (Å²) in [7, 11) is 0. The molecule has 1 aromatic heterocycles. The van der Waals surface area contributed by atoms with Crippen molar-refractivity contribution in [3.63, 3.8) is 0 Å². The Morgan fingerprint density at radius 2 is 1.88 bits per heavy atom. The summed E-state index contributed by atoms with van der Waals surface area (Å²) in [5.41, 5.74) is 13.1. The van der Waals surface area contributed by atoms with Crippen molar-refractivity contribution in [2.24, 2.45) is 11.7 Å². The molecule has 0 saturated heterocycles. The number of nitrogens with zero attached hydrogens (tertiary/aromatic N) is 3. The lowest BCUT2D eigenvalue weighted by Gasteiger charge is -2.33. The number of hydrogen-bond acceptors (Lipinski definition) is 5. The number of rotatable bonds is 4. The van der Waals surface area contributed by atoms with Gasteiger partial charge in [-0.15, -0.1) is 0 Å². The lowest BCUT2D eigenvalue weighted by Crippen LogP contribution is -2.36. The number of benzene rings is 1. The molecule has 0 fully saturated rings. The fourth-order valence-corrected chi connectivity index (χ4v) is 3.17. The SMILES string of the molecule is C=C(N)C1C=C(c2ccnc(N)n2)N(CC(F)(F)F)C1c1ccccc1. The second-order valence-electron chi connectivity index (χ2n) is 6.05. The Hall–Kier alpha value is -3.03. The first-order valence-electron chi connectivity index (χ1n) is 7.89. The Balaban J connectivity index is 2.12. The number of alkyl halides is 3. The predicted octanol–water partition coefficient (Wildman–Crippen LogP) is 3.11. The van der Waals surface area contributed by atoms with E-state index in [1.54, 1.807) is 36.4 Å². The summed E-state index contributed by atoms with van der Waals surface area (Å²) in [6.45, 7) is 2.61. The fourth-order valence-electron chi connectivity index (χ4n) is 3.17. The average Bonchev–Trinajstić information content (AvgIpc) is 2.93. The Morgan fingerprint density at radius 1 is 1.19 bits per heavy atom. The lowest BCUT2D eigenvalue weighted by molar-refractivity contribution is -0.142. The molecule has 0 aliphatic carbocycles. The third-order valence-corrected chi connectivity index (χ3v) is 4.18. The number of nitrogen functional groups attached to an aromatic ring is 1. The van der Waals surface area contributed by atoms with Crippen molar-refractivity contribution in [2.45, 2.75) is 12.2 Å². The lowest BCUT2D eigenvalue weighted by atomic mass is 9.92. The molecule has 1 aromatic carbocycles. The van der Waals surface area contributed by atoms with Crippen LogP contribution in [0.2, 0.25) is 0 Å². The van der Waals surface area contributed by atoms with Crippen LogP contribution in [-0.4, -0.2) is 27.6 Å². The molecular formula is C18H18F3N5. The summed E-state index contributed by atoms with van der Waals surface area (Å²) < 4.78 is 39.9. The van der Waals surface area contributed by atoms with Gasteiger partial charge in [0.25, 0.3) is 0 Å². The van der Waals surface area contributed by atoms with Crippen LogP contribution in [0.25, 0.3) is 5.70 Å². The van der Waals surface area contributed by atoms with Crippen LogP contribution in [0.3, 0.4) is 0 Å². The molecule has 1 aliphatic heterocycles. The highest BCUT2D eigenvalue weighted by molar-refractivity contribution is 5.66. The topological polar surface area (TPSA) is 81.1 Å². The van der Waals surface area contributed by atoms with Gasteiger partial charge in [0.05, 0.1) is 17.4 Å². The zero-order valence-electron chi connectivity index (χ0n) is 13.8. The Kier molecular flexibility index (Phi) is 4.58. The first-order valence-corrected chi connectivity index (χ1v) is 7.89. The summed E-state index contributed by atoms with van der Waals surface area (Å²) in [4.78, 5) is 9.12. The number of hydrogen-bond donors (Lipinski definition) is 2. The van der Waals surface area contributed by atoms with Crippen molar-refractivity contribution in [1.82, 2.24) is 14.9 Å². The molecule has 0 spiro atoms. The van der Waals surface area contributed by atoms with E-state index in [2.05, 4.69) is 16.5 Å². The van der Waals surface area contributed by atoms with Crippen molar-refractivity contribution in [3.05, 3.63) is 72.2 Å². The zero-order valence-corrected chi connectivity index (χ0v) is 13.8. The van der Waals surface area contributed by atoms with Gasteiger partial charge in [-0.25, -0.2) is 9.97 Å². The summed E-state index contributed by atoms with van der Waals surface area (Å²) in [6, 6.07) is 9.79. The zero-order chi connectivity index (χ0) is 18.9. The van der Waals surface area contributed by atoms with Gasteiger partial charge in [-0.1, -0.05) is 36.9 Å². The van der Waals surface area contributed by atoms with E-state index in [1.165, 1.54) is 17.2 Å². The van der Waals surface area contributed by atoms with Gasteiger partial charge >= 0.3 is 6.18 Å².